The Morgan fingerprint density at radius 1 is 1.11 bits per heavy atom. The molecule has 106 valence electrons. The van der Waals surface area contributed by atoms with Gasteiger partial charge in [0.2, 0.25) is 0 Å². The molecule has 2 nitrogen and oxygen atoms in total. The Morgan fingerprint density at radius 2 is 1.84 bits per heavy atom. The van der Waals surface area contributed by atoms with Crippen molar-refractivity contribution in [2.24, 2.45) is 0 Å². The molecular formula is C17H28N2. The van der Waals surface area contributed by atoms with E-state index in [0.717, 1.165) is 19.6 Å². The van der Waals surface area contributed by atoms with Gasteiger partial charge in [-0.05, 0) is 43.6 Å². The SMILES string of the molecule is CCN(CC)Cc1cccc(NC2CCCCC2)c1. The van der Waals surface area contributed by atoms with Crippen molar-refractivity contribution in [1.29, 1.82) is 0 Å². The third-order valence-electron chi connectivity index (χ3n) is 4.20. The topological polar surface area (TPSA) is 15.3 Å². The summed E-state index contributed by atoms with van der Waals surface area (Å²) in [6, 6.07) is 9.65. The molecule has 2 heteroatoms. The second-order valence-electron chi connectivity index (χ2n) is 5.64. The monoisotopic (exact) mass is 260 g/mol. The predicted octanol–water partition coefficient (Wildman–Crippen LogP) is 4.27. The number of nitrogens with one attached hydrogen (secondary N) is 1. The molecule has 0 atom stereocenters. The van der Waals surface area contributed by atoms with Gasteiger partial charge in [0.25, 0.3) is 0 Å². The molecule has 1 N–H and O–H groups in total. The summed E-state index contributed by atoms with van der Waals surface area (Å²) in [6.45, 7) is 7.77. The molecule has 0 radical (unpaired) electrons. The lowest BCUT2D eigenvalue weighted by Crippen LogP contribution is -2.23. The first-order valence-corrected chi connectivity index (χ1v) is 7.89. The van der Waals surface area contributed by atoms with Gasteiger partial charge >= 0.3 is 0 Å². The Kier molecular flexibility index (Phi) is 5.71. The van der Waals surface area contributed by atoms with Crippen LogP contribution in [0, 0.1) is 0 Å². The zero-order chi connectivity index (χ0) is 13.5. The minimum absolute atomic E-state index is 0.692. The molecule has 1 fully saturated rings. The average molecular weight is 260 g/mol. The Bertz CT molecular complexity index is 365. The van der Waals surface area contributed by atoms with E-state index in [0.29, 0.717) is 6.04 Å². The van der Waals surface area contributed by atoms with Crippen LogP contribution in [-0.4, -0.2) is 24.0 Å². The molecule has 1 aliphatic rings. The highest BCUT2D eigenvalue weighted by Crippen LogP contribution is 2.22. The minimum Gasteiger partial charge on any atom is -0.382 e. The number of hydrogen-bond acceptors (Lipinski definition) is 2. The van der Waals surface area contributed by atoms with Crippen molar-refractivity contribution in [2.75, 3.05) is 18.4 Å². The zero-order valence-corrected chi connectivity index (χ0v) is 12.5. The highest BCUT2D eigenvalue weighted by atomic mass is 15.1. The lowest BCUT2D eigenvalue weighted by atomic mass is 9.95. The van der Waals surface area contributed by atoms with Crippen molar-refractivity contribution in [3.8, 4) is 0 Å². The van der Waals surface area contributed by atoms with E-state index in [1.165, 1.54) is 43.4 Å². The summed E-state index contributed by atoms with van der Waals surface area (Å²) in [5, 5.41) is 3.71. The van der Waals surface area contributed by atoms with Crippen LogP contribution in [0.25, 0.3) is 0 Å². The Labute approximate surface area is 118 Å². The first-order valence-electron chi connectivity index (χ1n) is 7.89. The molecule has 0 unspecified atom stereocenters. The molecule has 2 rings (SSSR count). The van der Waals surface area contributed by atoms with Crippen LogP contribution in [0.3, 0.4) is 0 Å². The average Bonchev–Trinajstić information content (AvgIpc) is 2.46. The first-order chi connectivity index (χ1) is 9.31. The van der Waals surface area contributed by atoms with Crippen molar-refractivity contribution >= 4 is 5.69 Å². The van der Waals surface area contributed by atoms with E-state index >= 15 is 0 Å². The zero-order valence-electron chi connectivity index (χ0n) is 12.5. The Hall–Kier alpha value is -1.02. The standard InChI is InChI=1S/C17H28N2/c1-3-19(4-2)14-15-9-8-12-17(13-15)18-16-10-6-5-7-11-16/h8-9,12-13,16,18H,3-7,10-11,14H2,1-2H3. The quantitative estimate of drug-likeness (QED) is 0.821. The van der Waals surface area contributed by atoms with Gasteiger partial charge in [-0.3, -0.25) is 4.90 Å². The lowest BCUT2D eigenvalue weighted by molar-refractivity contribution is 0.296. The number of anilines is 1. The van der Waals surface area contributed by atoms with Crippen LogP contribution in [0.4, 0.5) is 5.69 Å². The summed E-state index contributed by atoms with van der Waals surface area (Å²) < 4.78 is 0. The summed E-state index contributed by atoms with van der Waals surface area (Å²) in [4.78, 5) is 2.46. The van der Waals surface area contributed by atoms with Crippen molar-refractivity contribution in [3.63, 3.8) is 0 Å². The van der Waals surface area contributed by atoms with Crippen LogP contribution in [0.2, 0.25) is 0 Å². The summed E-state index contributed by atoms with van der Waals surface area (Å²) >= 11 is 0. The molecule has 0 spiro atoms. The number of hydrogen-bond donors (Lipinski definition) is 1. The third-order valence-corrected chi connectivity index (χ3v) is 4.20. The van der Waals surface area contributed by atoms with Crippen LogP contribution in [0.5, 0.6) is 0 Å². The largest absolute Gasteiger partial charge is 0.382 e. The fraction of sp³-hybridized carbons (Fsp3) is 0.647. The molecule has 1 aromatic rings. The van der Waals surface area contributed by atoms with Gasteiger partial charge in [-0.1, -0.05) is 45.2 Å². The van der Waals surface area contributed by atoms with E-state index in [1.54, 1.807) is 0 Å². The van der Waals surface area contributed by atoms with E-state index in [1.807, 2.05) is 0 Å². The molecule has 1 aliphatic carbocycles. The second-order valence-corrected chi connectivity index (χ2v) is 5.64. The summed E-state index contributed by atoms with van der Waals surface area (Å²) in [6.07, 6.45) is 6.86. The van der Waals surface area contributed by atoms with Gasteiger partial charge in [-0.2, -0.15) is 0 Å². The van der Waals surface area contributed by atoms with Crippen molar-refractivity contribution in [3.05, 3.63) is 29.8 Å². The van der Waals surface area contributed by atoms with Gasteiger partial charge in [0, 0.05) is 18.3 Å². The number of nitrogens with zero attached hydrogens (tertiary/aromatic N) is 1. The fourth-order valence-electron chi connectivity index (χ4n) is 2.95. The van der Waals surface area contributed by atoms with Crippen molar-refractivity contribution in [2.45, 2.75) is 58.5 Å². The highest BCUT2D eigenvalue weighted by molar-refractivity contribution is 5.46. The Morgan fingerprint density at radius 3 is 2.53 bits per heavy atom. The van der Waals surface area contributed by atoms with Gasteiger partial charge in [0.15, 0.2) is 0 Å². The Balaban J connectivity index is 1.94. The molecule has 0 aromatic heterocycles. The van der Waals surface area contributed by atoms with Gasteiger partial charge in [0.1, 0.15) is 0 Å². The maximum Gasteiger partial charge on any atom is 0.0345 e. The van der Waals surface area contributed by atoms with Crippen LogP contribution in [-0.2, 0) is 6.54 Å². The third kappa shape index (κ3) is 4.54. The van der Waals surface area contributed by atoms with Gasteiger partial charge in [-0.15, -0.1) is 0 Å². The summed E-state index contributed by atoms with van der Waals surface area (Å²) in [5.41, 5.74) is 2.72. The van der Waals surface area contributed by atoms with Crippen molar-refractivity contribution in [1.82, 2.24) is 4.90 Å². The molecule has 0 amide bonds. The van der Waals surface area contributed by atoms with E-state index in [4.69, 9.17) is 0 Å². The molecule has 1 aromatic carbocycles. The minimum atomic E-state index is 0.692. The van der Waals surface area contributed by atoms with Crippen LogP contribution >= 0.6 is 0 Å². The van der Waals surface area contributed by atoms with Crippen LogP contribution in [0.1, 0.15) is 51.5 Å². The molecule has 0 heterocycles. The number of benzene rings is 1. The molecule has 0 saturated heterocycles. The van der Waals surface area contributed by atoms with Crippen LogP contribution in [0.15, 0.2) is 24.3 Å². The number of rotatable bonds is 6. The second kappa shape index (κ2) is 7.54. The smallest absolute Gasteiger partial charge is 0.0345 e. The first kappa shape index (κ1) is 14.4. The predicted molar refractivity (Wildman–Crippen MR) is 83.6 cm³/mol. The molecular weight excluding hydrogens is 232 g/mol. The summed E-state index contributed by atoms with van der Waals surface area (Å²) in [5.74, 6) is 0. The molecule has 0 aliphatic heterocycles. The molecule has 19 heavy (non-hydrogen) atoms. The van der Waals surface area contributed by atoms with Gasteiger partial charge < -0.3 is 5.32 Å². The molecule has 1 saturated carbocycles. The fourth-order valence-corrected chi connectivity index (χ4v) is 2.95. The van der Waals surface area contributed by atoms with E-state index in [-0.39, 0.29) is 0 Å². The van der Waals surface area contributed by atoms with Crippen LogP contribution < -0.4 is 5.32 Å². The maximum absolute atomic E-state index is 3.71. The van der Waals surface area contributed by atoms with E-state index < -0.39 is 0 Å². The molecule has 0 bridgehead atoms. The van der Waals surface area contributed by atoms with E-state index in [9.17, 15) is 0 Å². The van der Waals surface area contributed by atoms with Gasteiger partial charge in [-0.25, -0.2) is 0 Å². The van der Waals surface area contributed by atoms with Crippen molar-refractivity contribution < 1.29 is 0 Å². The van der Waals surface area contributed by atoms with Gasteiger partial charge in [0.05, 0.1) is 0 Å². The maximum atomic E-state index is 3.71. The van der Waals surface area contributed by atoms with E-state index in [2.05, 4.69) is 48.3 Å². The summed E-state index contributed by atoms with van der Waals surface area (Å²) in [7, 11) is 0. The highest BCUT2D eigenvalue weighted by Gasteiger charge is 2.12. The lowest BCUT2D eigenvalue weighted by Gasteiger charge is -2.24. The normalized spacial score (nSPS) is 16.8.